The molecule has 0 aromatic heterocycles. The highest BCUT2D eigenvalue weighted by Crippen LogP contribution is 2.47. The molecular formula is C23H23N5O6. The number of nitrogens with zero attached hydrogens (tertiary/aromatic N) is 4. The Bertz CT molecular complexity index is 1210. The summed E-state index contributed by atoms with van der Waals surface area (Å²) >= 11 is 0. The molecule has 0 aliphatic carbocycles. The largest absolute Gasteiger partial charge is 0.497 e. The Hall–Kier alpha value is -3.99. The van der Waals surface area contributed by atoms with E-state index in [1.54, 1.807) is 30.3 Å². The number of piperazine rings is 1. The maximum Gasteiger partial charge on any atom is 0.335 e. The van der Waals surface area contributed by atoms with Gasteiger partial charge in [-0.05, 0) is 42.9 Å². The minimum atomic E-state index is -1.63. The number of barbiturate groups is 1. The Balaban J connectivity index is 1.66. The fraction of sp³-hybridized carbons (Fsp3) is 0.348. The molecule has 0 bridgehead atoms. The standard InChI is InChI=1S/C23H23N5O6/c1-25-9-10-26-18-8-5-16(28(32)33)11-14(18)12-23(19(26)13-25)20(29)24-22(31)27(21(23)30)15-3-6-17(34-2)7-4-15/h3-8,11,19H,9-10,12-13H2,1-2H3,(H,24,29,31)/t19-,23-/m0/s1. The van der Waals surface area contributed by atoms with Crippen LogP contribution in [0.1, 0.15) is 5.56 Å². The predicted octanol–water partition coefficient (Wildman–Crippen LogP) is 1.55. The molecule has 11 nitrogen and oxygen atoms in total. The molecule has 1 N–H and O–H groups in total. The zero-order valence-electron chi connectivity index (χ0n) is 18.7. The summed E-state index contributed by atoms with van der Waals surface area (Å²) in [5.74, 6) is -0.776. The second-order valence-electron chi connectivity index (χ2n) is 8.79. The number of carbonyl (C=O) groups excluding carboxylic acids is 3. The summed E-state index contributed by atoms with van der Waals surface area (Å²) in [6, 6.07) is 9.54. The minimum absolute atomic E-state index is 0.0520. The van der Waals surface area contributed by atoms with Crippen molar-refractivity contribution in [2.24, 2.45) is 5.41 Å². The fourth-order valence-corrected chi connectivity index (χ4v) is 5.22. The number of amides is 4. The maximum absolute atomic E-state index is 14.1. The van der Waals surface area contributed by atoms with Crippen LogP contribution in [0.5, 0.6) is 5.75 Å². The van der Waals surface area contributed by atoms with Crippen molar-refractivity contribution in [2.75, 3.05) is 43.6 Å². The van der Waals surface area contributed by atoms with Gasteiger partial charge in [0.05, 0.1) is 23.8 Å². The molecule has 3 aliphatic rings. The number of carbonyl (C=O) groups is 3. The van der Waals surface area contributed by atoms with Crippen LogP contribution < -0.4 is 19.9 Å². The van der Waals surface area contributed by atoms with E-state index >= 15 is 0 Å². The van der Waals surface area contributed by atoms with Crippen molar-refractivity contribution in [2.45, 2.75) is 12.5 Å². The molecule has 3 heterocycles. The third kappa shape index (κ3) is 3.11. The van der Waals surface area contributed by atoms with Crippen LogP contribution in [0.25, 0.3) is 0 Å². The van der Waals surface area contributed by atoms with Crippen LogP contribution in [-0.4, -0.2) is 67.5 Å². The van der Waals surface area contributed by atoms with E-state index < -0.39 is 34.2 Å². The van der Waals surface area contributed by atoms with Crippen molar-refractivity contribution in [1.29, 1.82) is 0 Å². The van der Waals surface area contributed by atoms with Gasteiger partial charge in [0, 0.05) is 43.9 Å². The zero-order valence-corrected chi connectivity index (χ0v) is 18.7. The number of urea groups is 1. The van der Waals surface area contributed by atoms with Crippen molar-refractivity contribution in [1.82, 2.24) is 10.2 Å². The van der Waals surface area contributed by atoms with Crippen LogP contribution in [0.2, 0.25) is 0 Å². The topological polar surface area (TPSA) is 125 Å². The zero-order chi connectivity index (χ0) is 24.2. The first-order valence-electron chi connectivity index (χ1n) is 10.8. The molecule has 34 heavy (non-hydrogen) atoms. The van der Waals surface area contributed by atoms with Gasteiger partial charge in [-0.3, -0.25) is 25.0 Å². The van der Waals surface area contributed by atoms with Crippen LogP contribution in [-0.2, 0) is 16.0 Å². The van der Waals surface area contributed by atoms with E-state index in [4.69, 9.17) is 4.74 Å². The normalized spacial score (nSPS) is 24.5. The lowest BCUT2D eigenvalue weighted by Crippen LogP contribution is -2.75. The van der Waals surface area contributed by atoms with E-state index in [0.717, 1.165) is 10.6 Å². The predicted molar refractivity (Wildman–Crippen MR) is 122 cm³/mol. The molecule has 5 rings (SSSR count). The Morgan fingerprint density at radius 2 is 1.85 bits per heavy atom. The van der Waals surface area contributed by atoms with Crippen molar-refractivity contribution in [3.63, 3.8) is 0 Å². The number of non-ortho nitro benzene ring substituents is 1. The monoisotopic (exact) mass is 465 g/mol. The van der Waals surface area contributed by atoms with Crippen molar-refractivity contribution >= 4 is 34.9 Å². The summed E-state index contributed by atoms with van der Waals surface area (Å²) in [5.41, 5.74) is -0.153. The fourth-order valence-electron chi connectivity index (χ4n) is 5.22. The number of rotatable bonds is 3. The number of nitro benzene ring substituents is 1. The first-order chi connectivity index (χ1) is 16.3. The van der Waals surface area contributed by atoms with E-state index in [1.807, 2.05) is 16.8 Å². The van der Waals surface area contributed by atoms with Gasteiger partial charge in [0.15, 0.2) is 5.41 Å². The molecule has 2 saturated heterocycles. The third-order valence-electron chi connectivity index (χ3n) is 6.95. The van der Waals surface area contributed by atoms with Crippen molar-refractivity contribution in [3.8, 4) is 5.75 Å². The lowest BCUT2D eigenvalue weighted by atomic mass is 9.67. The number of benzene rings is 2. The summed E-state index contributed by atoms with van der Waals surface area (Å²) in [7, 11) is 3.42. The van der Waals surface area contributed by atoms with Gasteiger partial charge in [0.2, 0.25) is 5.91 Å². The summed E-state index contributed by atoms with van der Waals surface area (Å²) < 4.78 is 5.16. The van der Waals surface area contributed by atoms with Gasteiger partial charge in [0.1, 0.15) is 5.75 Å². The molecule has 2 aromatic rings. The van der Waals surface area contributed by atoms with Gasteiger partial charge in [-0.25, -0.2) is 9.69 Å². The molecule has 2 fully saturated rings. The quantitative estimate of drug-likeness (QED) is 0.411. The van der Waals surface area contributed by atoms with E-state index in [-0.39, 0.29) is 12.1 Å². The maximum atomic E-state index is 14.1. The molecule has 0 unspecified atom stereocenters. The minimum Gasteiger partial charge on any atom is -0.497 e. The van der Waals surface area contributed by atoms with Gasteiger partial charge >= 0.3 is 6.03 Å². The van der Waals surface area contributed by atoms with E-state index in [9.17, 15) is 24.5 Å². The Kier molecular flexibility index (Phi) is 5.01. The van der Waals surface area contributed by atoms with Crippen molar-refractivity contribution < 1.29 is 24.0 Å². The second-order valence-corrected chi connectivity index (χ2v) is 8.79. The summed E-state index contributed by atoms with van der Waals surface area (Å²) in [5, 5.41) is 13.8. The Morgan fingerprint density at radius 3 is 2.53 bits per heavy atom. The number of imide groups is 2. The van der Waals surface area contributed by atoms with Crippen molar-refractivity contribution in [3.05, 3.63) is 58.1 Å². The molecular weight excluding hydrogens is 442 g/mol. The Morgan fingerprint density at radius 1 is 1.12 bits per heavy atom. The van der Waals surface area contributed by atoms with Gasteiger partial charge in [-0.2, -0.15) is 0 Å². The highest BCUT2D eigenvalue weighted by atomic mass is 16.6. The summed E-state index contributed by atoms with van der Waals surface area (Å²) in [6.07, 6.45) is -0.0520. The number of hydrogen-bond acceptors (Lipinski definition) is 8. The van der Waals surface area contributed by atoms with Gasteiger partial charge < -0.3 is 14.5 Å². The van der Waals surface area contributed by atoms with Gasteiger partial charge in [0.25, 0.3) is 11.6 Å². The lowest BCUT2D eigenvalue weighted by molar-refractivity contribution is -0.384. The first kappa shape index (κ1) is 21.8. The van der Waals surface area contributed by atoms with E-state index in [0.29, 0.717) is 36.6 Å². The molecule has 176 valence electrons. The molecule has 3 aliphatic heterocycles. The molecule has 4 amide bonds. The number of nitro groups is 1. The SMILES string of the molecule is COc1ccc(N2C(=O)NC(=O)[C@@]3(Cc4cc([N+](=O)[O-])ccc4N4CCN(C)C[C@H]43)C2=O)cc1. The second kappa shape index (κ2) is 7.80. The average Bonchev–Trinajstić information content (AvgIpc) is 2.82. The number of hydrogen-bond donors (Lipinski definition) is 1. The highest BCUT2D eigenvalue weighted by Gasteiger charge is 2.63. The third-order valence-corrected chi connectivity index (χ3v) is 6.95. The van der Waals surface area contributed by atoms with Crippen LogP contribution in [0.3, 0.4) is 0 Å². The van der Waals surface area contributed by atoms with Gasteiger partial charge in [-0.1, -0.05) is 0 Å². The van der Waals surface area contributed by atoms with Crippen LogP contribution in [0.15, 0.2) is 42.5 Å². The number of anilines is 2. The number of methoxy groups -OCH3 is 1. The number of nitrogens with one attached hydrogen (secondary N) is 1. The summed E-state index contributed by atoms with van der Waals surface area (Å²) in [6.45, 7) is 1.64. The number of ether oxygens (including phenoxy) is 1. The summed E-state index contributed by atoms with van der Waals surface area (Å²) in [4.78, 5) is 56.3. The molecule has 11 heteroatoms. The smallest absolute Gasteiger partial charge is 0.335 e. The van der Waals surface area contributed by atoms with Gasteiger partial charge in [-0.15, -0.1) is 0 Å². The molecule has 1 spiro atoms. The first-order valence-corrected chi connectivity index (χ1v) is 10.8. The number of fused-ring (bicyclic) bond motifs is 4. The van der Waals surface area contributed by atoms with Crippen LogP contribution in [0.4, 0.5) is 21.9 Å². The number of likely N-dealkylation sites (N-methyl/N-ethyl adjacent to an activating group) is 1. The average molecular weight is 465 g/mol. The lowest BCUT2D eigenvalue weighted by Gasteiger charge is -2.54. The van der Waals surface area contributed by atoms with Crippen LogP contribution >= 0.6 is 0 Å². The Labute approximate surface area is 195 Å². The molecule has 0 radical (unpaired) electrons. The van der Waals surface area contributed by atoms with E-state index in [2.05, 4.69) is 5.32 Å². The molecule has 0 saturated carbocycles. The molecule has 2 atom stereocenters. The van der Waals surface area contributed by atoms with E-state index in [1.165, 1.54) is 19.2 Å². The highest BCUT2D eigenvalue weighted by molar-refractivity contribution is 6.30. The molecule has 2 aromatic carbocycles. The van der Waals surface area contributed by atoms with Crippen LogP contribution in [0, 0.1) is 15.5 Å².